The number of ether oxygens (including phenoxy) is 1. The molecule has 29 heavy (non-hydrogen) atoms. The zero-order valence-corrected chi connectivity index (χ0v) is 17.8. The number of rotatable bonds is 10. The average Bonchev–Trinajstić information content (AvgIpc) is 2.74. The molecule has 2 heteroatoms. The zero-order chi connectivity index (χ0) is 20.5. The van der Waals surface area contributed by atoms with Gasteiger partial charge in [0.05, 0.1) is 6.61 Å². The molecule has 0 aliphatic heterocycles. The Labute approximate surface area is 175 Å². The highest BCUT2D eigenvalue weighted by Gasteiger charge is 2.20. The van der Waals surface area contributed by atoms with Gasteiger partial charge in [0.2, 0.25) is 0 Å². The highest BCUT2D eigenvalue weighted by Crippen LogP contribution is 2.35. The Morgan fingerprint density at radius 1 is 0.862 bits per heavy atom. The van der Waals surface area contributed by atoms with Gasteiger partial charge < -0.3 is 4.74 Å². The van der Waals surface area contributed by atoms with Crippen molar-refractivity contribution in [3.63, 3.8) is 0 Å². The van der Waals surface area contributed by atoms with Gasteiger partial charge >= 0.3 is 0 Å². The molecule has 2 aromatic carbocycles. The molecule has 0 heterocycles. The predicted octanol–water partition coefficient (Wildman–Crippen LogP) is 7.72. The smallest absolute Gasteiger partial charge is 0.119 e. The van der Waals surface area contributed by atoms with Crippen LogP contribution in [0.4, 0.5) is 4.39 Å². The van der Waals surface area contributed by atoms with Crippen molar-refractivity contribution < 1.29 is 9.13 Å². The summed E-state index contributed by atoms with van der Waals surface area (Å²) >= 11 is 0. The molecule has 1 aliphatic rings. The Hall–Kier alpha value is -2.35. The van der Waals surface area contributed by atoms with E-state index in [9.17, 15) is 4.39 Å². The second-order valence-corrected chi connectivity index (χ2v) is 7.87. The molecule has 0 fully saturated rings. The molecule has 1 atom stereocenters. The molecule has 1 nitrogen and oxygen atoms in total. The summed E-state index contributed by atoms with van der Waals surface area (Å²) in [5, 5.41) is 0. The standard InChI is InChI=1S/C27H33FO/c1-3-5-6-7-21-8-10-22(11-9-21)12-13-23-14-19-26(27(28)20-23)24-15-17-25(18-16-24)29-4-2/h8-11,14-18,20,26H,3-7,12-13,19H2,1-2H3. The lowest BCUT2D eigenvalue weighted by molar-refractivity contribution is 0.340. The highest BCUT2D eigenvalue weighted by atomic mass is 19.1. The van der Waals surface area contributed by atoms with Crippen molar-refractivity contribution in [3.05, 3.63) is 88.8 Å². The minimum atomic E-state index is -0.170. The maximum atomic E-state index is 14.7. The largest absolute Gasteiger partial charge is 0.494 e. The minimum absolute atomic E-state index is 0.0297. The van der Waals surface area contributed by atoms with E-state index in [-0.39, 0.29) is 11.7 Å². The highest BCUT2D eigenvalue weighted by molar-refractivity contribution is 5.38. The summed E-state index contributed by atoms with van der Waals surface area (Å²) in [6, 6.07) is 16.8. The first kappa shape index (κ1) is 21.4. The molecule has 0 aromatic heterocycles. The van der Waals surface area contributed by atoms with Crippen LogP contribution < -0.4 is 4.74 Å². The SMILES string of the molecule is CCCCCc1ccc(CCC2=CCC(c3ccc(OCC)cc3)C(F)=C2)cc1. The third kappa shape index (κ3) is 6.32. The van der Waals surface area contributed by atoms with Crippen molar-refractivity contribution >= 4 is 0 Å². The van der Waals surface area contributed by atoms with Gasteiger partial charge in [-0.2, -0.15) is 0 Å². The molecule has 3 rings (SSSR count). The number of hydrogen-bond donors (Lipinski definition) is 0. The van der Waals surface area contributed by atoms with Crippen LogP contribution in [-0.4, -0.2) is 6.61 Å². The van der Waals surface area contributed by atoms with E-state index in [4.69, 9.17) is 4.74 Å². The van der Waals surface area contributed by atoms with Gasteiger partial charge in [0.1, 0.15) is 11.6 Å². The summed E-state index contributed by atoms with van der Waals surface area (Å²) in [6.07, 6.45) is 11.5. The summed E-state index contributed by atoms with van der Waals surface area (Å²) in [4.78, 5) is 0. The van der Waals surface area contributed by atoms with Gasteiger partial charge in [-0.1, -0.05) is 62.2 Å². The maximum Gasteiger partial charge on any atom is 0.119 e. The zero-order valence-electron chi connectivity index (χ0n) is 17.8. The fourth-order valence-corrected chi connectivity index (χ4v) is 3.89. The summed E-state index contributed by atoms with van der Waals surface area (Å²) < 4.78 is 20.2. The first-order valence-corrected chi connectivity index (χ1v) is 11.1. The van der Waals surface area contributed by atoms with E-state index < -0.39 is 0 Å². The van der Waals surface area contributed by atoms with Crippen molar-refractivity contribution in [2.24, 2.45) is 0 Å². The number of aryl methyl sites for hydroxylation is 2. The molecule has 1 unspecified atom stereocenters. The molecular weight excluding hydrogens is 359 g/mol. The van der Waals surface area contributed by atoms with Crippen LogP contribution in [0.15, 0.2) is 72.1 Å². The molecule has 0 N–H and O–H groups in total. The first-order chi connectivity index (χ1) is 14.2. The van der Waals surface area contributed by atoms with Crippen LogP contribution in [0.1, 0.15) is 68.6 Å². The number of halogens is 1. The Morgan fingerprint density at radius 3 is 2.17 bits per heavy atom. The number of benzene rings is 2. The fourth-order valence-electron chi connectivity index (χ4n) is 3.89. The van der Waals surface area contributed by atoms with Crippen molar-refractivity contribution in [1.82, 2.24) is 0 Å². The van der Waals surface area contributed by atoms with Crippen LogP contribution in [0.2, 0.25) is 0 Å². The number of allylic oxidation sites excluding steroid dienone is 4. The van der Waals surface area contributed by atoms with E-state index in [0.29, 0.717) is 6.61 Å². The monoisotopic (exact) mass is 392 g/mol. The average molecular weight is 393 g/mol. The van der Waals surface area contributed by atoms with Gasteiger partial charge in [0.25, 0.3) is 0 Å². The lowest BCUT2D eigenvalue weighted by Crippen LogP contribution is -2.04. The second kappa shape index (κ2) is 11.0. The molecule has 0 amide bonds. The van der Waals surface area contributed by atoms with Crippen LogP contribution in [0.25, 0.3) is 0 Å². The number of hydrogen-bond acceptors (Lipinski definition) is 1. The third-order valence-corrected chi connectivity index (χ3v) is 5.66. The van der Waals surface area contributed by atoms with Gasteiger partial charge in [-0.05, 0) is 79.5 Å². The summed E-state index contributed by atoms with van der Waals surface area (Å²) in [5.41, 5.74) is 4.86. The molecule has 154 valence electrons. The quantitative estimate of drug-likeness (QED) is 0.376. The summed E-state index contributed by atoms with van der Waals surface area (Å²) in [7, 11) is 0. The van der Waals surface area contributed by atoms with E-state index in [1.54, 1.807) is 6.08 Å². The van der Waals surface area contributed by atoms with E-state index in [1.165, 1.54) is 36.8 Å². The second-order valence-electron chi connectivity index (χ2n) is 7.87. The van der Waals surface area contributed by atoms with Crippen molar-refractivity contribution in [1.29, 1.82) is 0 Å². The van der Waals surface area contributed by atoms with Crippen LogP contribution in [-0.2, 0) is 12.8 Å². The van der Waals surface area contributed by atoms with E-state index in [1.807, 2.05) is 31.2 Å². The van der Waals surface area contributed by atoms with E-state index in [0.717, 1.165) is 36.1 Å². The maximum absolute atomic E-state index is 14.7. The topological polar surface area (TPSA) is 9.23 Å². The number of unbranched alkanes of at least 4 members (excludes halogenated alkanes) is 2. The van der Waals surface area contributed by atoms with Gasteiger partial charge in [-0.15, -0.1) is 0 Å². The third-order valence-electron chi connectivity index (χ3n) is 5.66. The minimum Gasteiger partial charge on any atom is -0.494 e. The summed E-state index contributed by atoms with van der Waals surface area (Å²) in [6.45, 7) is 4.84. The Bertz CT molecular complexity index is 815. The molecule has 0 saturated heterocycles. The lowest BCUT2D eigenvalue weighted by atomic mass is 9.87. The molecule has 1 aliphatic carbocycles. The molecule has 0 radical (unpaired) electrons. The van der Waals surface area contributed by atoms with Crippen LogP contribution in [0.5, 0.6) is 5.75 Å². The normalized spacial score (nSPS) is 16.3. The molecule has 0 saturated carbocycles. The van der Waals surface area contributed by atoms with E-state index >= 15 is 0 Å². The van der Waals surface area contributed by atoms with Crippen molar-refractivity contribution in [3.8, 4) is 5.75 Å². The van der Waals surface area contributed by atoms with Crippen molar-refractivity contribution in [2.75, 3.05) is 6.61 Å². The molecule has 0 bridgehead atoms. The van der Waals surface area contributed by atoms with E-state index in [2.05, 4.69) is 37.3 Å². The Balaban J connectivity index is 1.52. The van der Waals surface area contributed by atoms with Gasteiger partial charge in [0, 0.05) is 5.92 Å². The van der Waals surface area contributed by atoms with Gasteiger partial charge in [-0.3, -0.25) is 0 Å². The van der Waals surface area contributed by atoms with Gasteiger partial charge in [0.15, 0.2) is 0 Å². The Kier molecular flexibility index (Phi) is 8.10. The van der Waals surface area contributed by atoms with Crippen LogP contribution in [0.3, 0.4) is 0 Å². The molecule has 0 spiro atoms. The van der Waals surface area contributed by atoms with Crippen LogP contribution in [0, 0.1) is 0 Å². The lowest BCUT2D eigenvalue weighted by Gasteiger charge is -2.19. The predicted molar refractivity (Wildman–Crippen MR) is 120 cm³/mol. The van der Waals surface area contributed by atoms with Crippen LogP contribution >= 0.6 is 0 Å². The molecule has 2 aromatic rings. The van der Waals surface area contributed by atoms with Crippen molar-refractivity contribution in [2.45, 2.75) is 64.7 Å². The Morgan fingerprint density at radius 2 is 1.55 bits per heavy atom. The summed E-state index contributed by atoms with van der Waals surface area (Å²) in [5.74, 6) is 0.638. The first-order valence-electron chi connectivity index (χ1n) is 11.1. The van der Waals surface area contributed by atoms with Gasteiger partial charge in [-0.25, -0.2) is 4.39 Å². The molecular formula is C27H33FO. The fraction of sp³-hybridized carbons (Fsp3) is 0.407.